The smallest absolute Gasteiger partial charge is 0.254 e. The second kappa shape index (κ2) is 10.1. The van der Waals surface area contributed by atoms with Crippen LogP contribution in [0.4, 0.5) is 0 Å². The van der Waals surface area contributed by atoms with Crippen LogP contribution in [0.5, 0.6) is 0 Å². The summed E-state index contributed by atoms with van der Waals surface area (Å²) in [5.41, 5.74) is 3.91. The Balaban J connectivity index is 0.00000128. The van der Waals surface area contributed by atoms with Gasteiger partial charge in [-0.25, -0.2) is 4.98 Å². The lowest BCUT2D eigenvalue weighted by molar-refractivity contribution is 0.0747. The molecule has 1 amide bonds. The van der Waals surface area contributed by atoms with Crippen LogP contribution in [0, 0.1) is 0 Å². The summed E-state index contributed by atoms with van der Waals surface area (Å²) in [7, 11) is 0. The van der Waals surface area contributed by atoms with Crippen molar-refractivity contribution in [3.05, 3.63) is 59.7 Å². The van der Waals surface area contributed by atoms with Crippen LogP contribution in [-0.4, -0.2) is 45.9 Å². The Kier molecular flexibility index (Phi) is 7.69. The van der Waals surface area contributed by atoms with E-state index in [4.69, 9.17) is 0 Å². The third-order valence-electron chi connectivity index (χ3n) is 5.79. The third-order valence-corrected chi connectivity index (χ3v) is 6.71. The molecule has 2 aliphatic rings. The zero-order valence-corrected chi connectivity index (χ0v) is 19.0. The summed E-state index contributed by atoms with van der Waals surface area (Å²) in [5.74, 6) is 0.884. The first-order chi connectivity index (χ1) is 13.8. The maximum atomic E-state index is 13.3. The van der Waals surface area contributed by atoms with Crippen LogP contribution in [0.1, 0.15) is 35.2 Å². The maximum Gasteiger partial charge on any atom is 0.254 e. The van der Waals surface area contributed by atoms with E-state index in [1.807, 2.05) is 47.4 Å². The van der Waals surface area contributed by atoms with E-state index < -0.39 is 0 Å². The molecule has 0 spiro atoms. The molecule has 2 unspecified atom stereocenters. The van der Waals surface area contributed by atoms with Crippen molar-refractivity contribution in [2.75, 3.05) is 13.1 Å². The van der Waals surface area contributed by atoms with Crippen molar-refractivity contribution in [2.45, 2.75) is 42.3 Å². The summed E-state index contributed by atoms with van der Waals surface area (Å²) in [6, 6.07) is 17.1. The molecular formula is C22H26Cl2N4OS. The van der Waals surface area contributed by atoms with Gasteiger partial charge in [-0.2, -0.15) is 0 Å². The quantitative estimate of drug-likeness (QED) is 0.550. The molecule has 5 rings (SSSR count). The van der Waals surface area contributed by atoms with Gasteiger partial charge in [0.15, 0.2) is 5.16 Å². The summed E-state index contributed by atoms with van der Waals surface area (Å²) in [5, 5.41) is 4.54. The van der Waals surface area contributed by atoms with Gasteiger partial charge in [-0.3, -0.25) is 4.79 Å². The van der Waals surface area contributed by atoms with Crippen molar-refractivity contribution in [3.8, 4) is 0 Å². The summed E-state index contributed by atoms with van der Waals surface area (Å²) in [4.78, 5) is 23.3. The van der Waals surface area contributed by atoms with Crippen molar-refractivity contribution in [1.82, 2.24) is 20.2 Å². The van der Waals surface area contributed by atoms with Gasteiger partial charge in [-0.1, -0.05) is 42.1 Å². The van der Waals surface area contributed by atoms with Crippen LogP contribution in [-0.2, 0) is 5.75 Å². The zero-order valence-electron chi connectivity index (χ0n) is 16.5. The molecule has 3 aromatic rings. The fourth-order valence-electron chi connectivity index (χ4n) is 4.30. The zero-order chi connectivity index (χ0) is 18.9. The number of rotatable bonds is 4. The highest BCUT2D eigenvalue weighted by molar-refractivity contribution is 7.98. The molecule has 30 heavy (non-hydrogen) atoms. The summed E-state index contributed by atoms with van der Waals surface area (Å²) in [6.07, 6.45) is 3.48. The minimum Gasteiger partial charge on any atom is -0.337 e. The summed E-state index contributed by atoms with van der Waals surface area (Å²) in [6.45, 7) is 1.67. The number of thioether (sulfide) groups is 1. The second-order valence-electron chi connectivity index (χ2n) is 7.68. The van der Waals surface area contributed by atoms with E-state index in [-0.39, 0.29) is 30.7 Å². The van der Waals surface area contributed by atoms with Crippen molar-refractivity contribution < 1.29 is 4.79 Å². The minimum absolute atomic E-state index is 0. The van der Waals surface area contributed by atoms with Crippen molar-refractivity contribution in [3.63, 3.8) is 0 Å². The molecule has 2 saturated heterocycles. The van der Waals surface area contributed by atoms with Gasteiger partial charge in [0.05, 0.1) is 11.0 Å². The molecule has 2 aliphatic heterocycles. The van der Waals surface area contributed by atoms with E-state index in [9.17, 15) is 4.79 Å². The fourth-order valence-corrected chi connectivity index (χ4v) is 5.19. The van der Waals surface area contributed by atoms with Gasteiger partial charge in [-0.15, -0.1) is 24.8 Å². The van der Waals surface area contributed by atoms with Crippen LogP contribution in [0.2, 0.25) is 0 Å². The molecule has 8 heteroatoms. The Labute approximate surface area is 193 Å². The number of fused-ring (bicyclic) bond motifs is 3. The number of nitrogens with zero attached hydrogens (tertiary/aromatic N) is 2. The number of amides is 1. The average Bonchev–Trinajstić information content (AvgIpc) is 3.28. The van der Waals surface area contributed by atoms with E-state index in [0.29, 0.717) is 12.1 Å². The van der Waals surface area contributed by atoms with E-state index in [1.54, 1.807) is 11.8 Å². The van der Waals surface area contributed by atoms with E-state index in [2.05, 4.69) is 21.4 Å². The number of halogens is 2. The minimum atomic E-state index is 0. The molecular weight excluding hydrogens is 439 g/mol. The second-order valence-corrected chi connectivity index (χ2v) is 8.65. The number of benzene rings is 2. The maximum absolute atomic E-state index is 13.3. The van der Waals surface area contributed by atoms with Crippen LogP contribution in [0.15, 0.2) is 53.7 Å². The fraction of sp³-hybridized carbons (Fsp3) is 0.364. The summed E-state index contributed by atoms with van der Waals surface area (Å²) < 4.78 is 0. The lowest BCUT2D eigenvalue weighted by atomic mass is 10.0. The van der Waals surface area contributed by atoms with E-state index in [0.717, 1.165) is 52.6 Å². The number of carbonyl (C=O) groups excluding carboxylic acids is 1. The highest BCUT2D eigenvalue weighted by atomic mass is 35.5. The number of aromatic nitrogens is 2. The normalized spacial score (nSPS) is 20.3. The summed E-state index contributed by atoms with van der Waals surface area (Å²) >= 11 is 1.64. The molecule has 0 aliphatic carbocycles. The molecule has 0 saturated carbocycles. The molecule has 5 nitrogen and oxygen atoms in total. The SMILES string of the molecule is Cl.Cl.O=C(c1ccccc1CSc1nc2ccccc2[nH]1)N1CCC2CCC(C1)N2. The number of hydrogen-bond acceptors (Lipinski definition) is 4. The highest BCUT2D eigenvalue weighted by Crippen LogP contribution is 2.26. The Hall–Kier alpha value is -1.73. The standard InChI is InChI=1S/C22H24N4OS.2ClH/c27-21(26-12-11-16-9-10-17(13-26)23-16)18-6-2-1-5-15(18)14-28-22-24-19-7-3-4-8-20(19)25-22;;/h1-8,16-17,23H,9-14H2,(H,24,25);2*1H. The lowest BCUT2D eigenvalue weighted by Crippen LogP contribution is -2.39. The number of carbonyl (C=O) groups is 1. The average molecular weight is 465 g/mol. The van der Waals surface area contributed by atoms with Gasteiger partial charge in [0.25, 0.3) is 5.91 Å². The first-order valence-electron chi connectivity index (χ1n) is 9.97. The molecule has 2 N–H and O–H groups in total. The number of aromatic amines is 1. The molecule has 2 aromatic carbocycles. The Morgan fingerprint density at radius 3 is 2.67 bits per heavy atom. The van der Waals surface area contributed by atoms with Crippen molar-refractivity contribution >= 4 is 53.5 Å². The van der Waals surface area contributed by atoms with Gasteiger partial charge in [0, 0.05) is 36.5 Å². The topological polar surface area (TPSA) is 61.0 Å². The Morgan fingerprint density at radius 1 is 1.03 bits per heavy atom. The van der Waals surface area contributed by atoms with Gasteiger partial charge >= 0.3 is 0 Å². The number of nitrogens with one attached hydrogen (secondary N) is 2. The Bertz CT molecular complexity index is 978. The predicted molar refractivity (Wildman–Crippen MR) is 127 cm³/mol. The van der Waals surface area contributed by atoms with Gasteiger partial charge in [0.1, 0.15) is 0 Å². The first kappa shape index (κ1) is 22.9. The largest absolute Gasteiger partial charge is 0.337 e. The predicted octanol–water partition coefficient (Wildman–Crippen LogP) is 4.67. The van der Waals surface area contributed by atoms with Gasteiger partial charge in [-0.05, 0) is 43.0 Å². The highest BCUT2D eigenvalue weighted by Gasteiger charge is 2.31. The molecule has 0 radical (unpaired) electrons. The van der Waals surface area contributed by atoms with Crippen molar-refractivity contribution in [2.24, 2.45) is 0 Å². The van der Waals surface area contributed by atoms with Crippen LogP contribution in [0.3, 0.4) is 0 Å². The number of likely N-dealkylation sites (tertiary alicyclic amines) is 1. The first-order valence-corrected chi connectivity index (χ1v) is 11.0. The third kappa shape index (κ3) is 4.78. The molecule has 1 aromatic heterocycles. The lowest BCUT2D eigenvalue weighted by Gasteiger charge is -2.25. The van der Waals surface area contributed by atoms with Crippen molar-refractivity contribution in [1.29, 1.82) is 0 Å². The molecule has 3 heterocycles. The molecule has 2 fully saturated rings. The van der Waals surface area contributed by atoms with Crippen LogP contribution >= 0.6 is 36.6 Å². The number of para-hydroxylation sites is 2. The molecule has 160 valence electrons. The molecule has 2 bridgehead atoms. The number of hydrogen-bond donors (Lipinski definition) is 2. The van der Waals surface area contributed by atoms with Gasteiger partial charge < -0.3 is 15.2 Å². The monoisotopic (exact) mass is 464 g/mol. The van der Waals surface area contributed by atoms with Crippen LogP contribution < -0.4 is 5.32 Å². The van der Waals surface area contributed by atoms with Gasteiger partial charge in [0.2, 0.25) is 0 Å². The van der Waals surface area contributed by atoms with E-state index >= 15 is 0 Å². The van der Waals surface area contributed by atoms with E-state index in [1.165, 1.54) is 12.8 Å². The number of imidazole rings is 1. The Morgan fingerprint density at radius 2 is 1.80 bits per heavy atom. The van der Waals surface area contributed by atoms with Crippen LogP contribution in [0.25, 0.3) is 11.0 Å². The molecule has 2 atom stereocenters. The number of H-pyrrole nitrogens is 1.